The lowest BCUT2D eigenvalue weighted by molar-refractivity contribution is 1.09. The van der Waals surface area contributed by atoms with Crippen LogP contribution in [-0.2, 0) is 0 Å². The molecule has 0 bridgehead atoms. The van der Waals surface area contributed by atoms with E-state index in [1.54, 1.807) is 12.4 Å². The van der Waals surface area contributed by atoms with E-state index in [-0.39, 0.29) is 0 Å². The molecule has 2 aromatic rings. The number of nitrogens with one attached hydrogen (secondary N) is 1. The van der Waals surface area contributed by atoms with E-state index in [4.69, 9.17) is 0 Å². The largest absolute Gasteiger partial charge is 0.259 e. The average Bonchev–Trinajstić information content (AvgIpc) is 2.33. The van der Waals surface area contributed by atoms with Crippen LogP contribution in [0.15, 0.2) is 17.0 Å². The molecule has 4 nitrogen and oxygen atoms in total. The van der Waals surface area contributed by atoms with E-state index < -0.39 is 0 Å². The second kappa shape index (κ2) is 2.02. The van der Waals surface area contributed by atoms with E-state index in [0.717, 1.165) is 10.1 Å². The first-order valence-corrected chi connectivity index (χ1v) is 3.47. The minimum absolute atomic E-state index is 0.711. The van der Waals surface area contributed by atoms with Crippen LogP contribution in [0.2, 0.25) is 0 Å². The second-order valence-electron chi connectivity index (χ2n) is 1.80. The van der Waals surface area contributed by atoms with Gasteiger partial charge in [-0.25, -0.2) is 9.97 Å². The molecule has 0 aromatic carbocycles. The Labute approximate surface area is 64.8 Å². The van der Waals surface area contributed by atoms with Gasteiger partial charge < -0.3 is 0 Å². The third kappa shape index (κ3) is 0.786. The summed E-state index contributed by atoms with van der Waals surface area (Å²) in [7, 11) is 0. The Bertz CT molecular complexity index is 355. The van der Waals surface area contributed by atoms with Crippen molar-refractivity contribution in [2.24, 2.45) is 0 Å². The van der Waals surface area contributed by atoms with Gasteiger partial charge in [0.2, 0.25) is 0 Å². The first kappa shape index (κ1) is 5.79. The highest BCUT2D eigenvalue weighted by molar-refractivity contribution is 9.10. The van der Waals surface area contributed by atoms with Crippen LogP contribution < -0.4 is 0 Å². The molecule has 1 N–H and O–H groups in total. The van der Waals surface area contributed by atoms with Gasteiger partial charge in [0.15, 0.2) is 5.65 Å². The SMILES string of the molecule is Brc1cnc2[nH]ncc2n1. The van der Waals surface area contributed by atoms with E-state index >= 15 is 0 Å². The minimum Gasteiger partial charge on any atom is -0.259 e. The summed E-state index contributed by atoms with van der Waals surface area (Å²) in [5.41, 5.74) is 1.48. The fourth-order valence-corrected chi connectivity index (χ4v) is 1.00. The predicted octanol–water partition coefficient (Wildman–Crippen LogP) is 1.12. The number of halogens is 1. The van der Waals surface area contributed by atoms with E-state index in [1.165, 1.54) is 0 Å². The molecule has 2 rings (SSSR count). The summed E-state index contributed by atoms with van der Waals surface area (Å²) >= 11 is 3.20. The maximum absolute atomic E-state index is 4.10. The highest BCUT2D eigenvalue weighted by Gasteiger charge is 1.96. The molecule has 0 atom stereocenters. The van der Waals surface area contributed by atoms with Crippen molar-refractivity contribution < 1.29 is 0 Å². The number of nitrogens with zero attached hydrogens (tertiary/aromatic N) is 3. The maximum atomic E-state index is 4.10. The lowest BCUT2D eigenvalue weighted by atomic mass is 10.6. The Hall–Kier alpha value is -0.970. The van der Waals surface area contributed by atoms with E-state index in [9.17, 15) is 0 Å². The molecule has 0 aliphatic heterocycles. The van der Waals surface area contributed by atoms with Crippen LogP contribution in [0.4, 0.5) is 0 Å². The number of H-pyrrole nitrogens is 1. The molecule has 0 radical (unpaired) electrons. The standard InChI is InChI=1S/C5H3BrN4/c6-4-2-7-5-3(9-4)1-8-10-5/h1-2H,(H,7,8,10). The molecule has 0 spiro atoms. The molecule has 2 aromatic heterocycles. The van der Waals surface area contributed by atoms with E-state index in [0.29, 0.717) is 5.65 Å². The molecule has 0 aliphatic carbocycles. The summed E-state index contributed by atoms with van der Waals surface area (Å²) in [6.07, 6.45) is 3.26. The lowest BCUT2D eigenvalue weighted by Gasteiger charge is -1.86. The van der Waals surface area contributed by atoms with Crippen molar-refractivity contribution in [2.75, 3.05) is 0 Å². The maximum Gasteiger partial charge on any atom is 0.174 e. The normalized spacial score (nSPS) is 10.5. The first-order chi connectivity index (χ1) is 4.86. The summed E-state index contributed by atoms with van der Waals surface area (Å²) in [6, 6.07) is 0. The topological polar surface area (TPSA) is 54.5 Å². The van der Waals surface area contributed by atoms with Crippen molar-refractivity contribution in [3.63, 3.8) is 0 Å². The van der Waals surface area contributed by atoms with Gasteiger partial charge in [0.1, 0.15) is 10.1 Å². The van der Waals surface area contributed by atoms with Crippen LogP contribution in [0.3, 0.4) is 0 Å². The minimum atomic E-state index is 0.711. The molecule has 0 saturated carbocycles. The smallest absolute Gasteiger partial charge is 0.174 e. The fraction of sp³-hybridized carbons (Fsp3) is 0. The van der Waals surface area contributed by atoms with Crippen molar-refractivity contribution in [3.05, 3.63) is 17.0 Å². The molecule has 2 heterocycles. The molecule has 0 saturated heterocycles. The van der Waals surface area contributed by atoms with Gasteiger partial charge in [-0.1, -0.05) is 0 Å². The summed E-state index contributed by atoms with van der Waals surface area (Å²) in [6.45, 7) is 0. The first-order valence-electron chi connectivity index (χ1n) is 2.68. The van der Waals surface area contributed by atoms with Gasteiger partial charge in [-0.3, -0.25) is 5.10 Å². The van der Waals surface area contributed by atoms with Gasteiger partial charge in [0.25, 0.3) is 0 Å². The van der Waals surface area contributed by atoms with Crippen LogP contribution in [-0.4, -0.2) is 20.2 Å². The molecule has 5 heteroatoms. The molecule has 0 amide bonds. The zero-order valence-electron chi connectivity index (χ0n) is 4.87. The van der Waals surface area contributed by atoms with Gasteiger partial charge in [-0.05, 0) is 15.9 Å². The van der Waals surface area contributed by atoms with Gasteiger partial charge >= 0.3 is 0 Å². The van der Waals surface area contributed by atoms with Gasteiger partial charge in [0.05, 0.1) is 12.4 Å². The highest BCUT2D eigenvalue weighted by Crippen LogP contribution is 2.08. The monoisotopic (exact) mass is 198 g/mol. The van der Waals surface area contributed by atoms with Crippen LogP contribution in [0, 0.1) is 0 Å². The molecule has 10 heavy (non-hydrogen) atoms. The zero-order chi connectivity index (χ0) is 6.97. The van der Waals surface area contributed by atoms with Crippen LogP contribution >= 0.6 is 15.9 Å². The van der Waals surface area contributed by atoms with Crippen molar-refractivity contribution >= 4 is 27.1 Å². The summed E-state index contributed by atoms with van der Waals surface area (Å²) in [5, 5.41) is 6.47. The Morgan fingerprint density at radius 1 is 1.40 bits per heavy atom. The second-order valence-corrected chi connectivity index (χ2v) is 2.61. The predicted molar refractivity (Wildman–Crippen MR) is 39.4 cm³/mol. The van der Waals surface area contributed by atoms with Crippen LogP contribution in [0.1, 0.15) is 0 Å². The molecular weight excluding hydrogens is 196 g/mol. The fourth-order valence-electron chi connectivity index (χ4n) is 0.712. The Morgan fingerprint density at radius 2 is 2.30 bits per heavy atom. The third-order valence-corrected chi connectivity index (χ3v) is 1.51. The number of rotatable bonds is 0. The summed E-state index contributed by atoms with van der Waals surface area (Å²) in [5.74, 6) is 0. The van der Waals surface area contributed by atoms with Crippen LogP contribution in [0.25, 0.3) is 11.2 Å². The summed E-state index contributed by atoms with van der Waals surface area (Å²) < 4.78 is 0.724. The van der Waals surface area contributed by atoms with Crippen molar-refractivity contribution in [1.82, 2.24) is 20.2 Å². The van der Waals surface area contributed by atoms with Crippen molar-refractivity contribution in [2.45, 2.75) is 0 Å². The van der Waals surface area contributed by atoms with Gasteiger partial charge in [-0.15, -0.1) is 0 Å². The quantitative estimate of drug-likeness (QED) is 0.691. The Balaban J connectivity index is 2.86. The van der Waals surface area contributed by atoms with Gasteiger partial charge in [0, 0.05) is 0 Å². The molecule has 0 aliphatic rings. The third-order valence-electron chi connectivity index (χ3n) is 1.13. The number of hydrogen-bond acceptors (Lipinski definition) is 3. The van der Waals surface area contributed by atoms with Gasteiger partial charge in [-0.2, -0.15) is 5.10 Å². The van der Waals surface area contributed by atoms with Crippen LogP contribution in [0.5, 0.6) is 0 Å². The van der Waals surface area contributed by atoms with Crippen molar-refractivity contribution in [1.29, 1.82) is 0 Å². The molecular formula is C5H3BrN4. The molecule has 0 unspecified atom stereocenters. The highest BCUT2D eigenvalue weighted by atomic mass is 79.9. The lowest BCUT2D eigenvalue weighted by Crippen LogP contribution is -1.79. The zero-order valence-corrected chi connectivity index (χ0v) is 6.46. The Morgan fingerprint density at radius 3 is 3.20 bits per heavy atom. The summed E-state index contributed by atoms with van der Waals surface area (Å²) in [4.78, 5) is 8.11. The van der Waals surface area contributed by atoms with E-state index in [2.05, 4.69) is 36.1 Å². The molecule has 50 valence electrons. The number of hydrogen-bond donors (Lipinski definition) is 1. The number of aromatic amines is 1. The van der Waals surface area contributed by atoms with E-state index in [1.807, 2.05) is 0 Å². The number of fused-ring (bicyclic) bond motifs is 1. The van der Waals surface area contributed by atoms with Crippen molar-refractivity contribution in [3.8, 4) is 0 Å². The molecule has 0 fully saturated rings. The average molecular weight is 199 g/mol. The Kier molecular flexibility index (Phi) is 1.17. The number of aromatic nitrogens is 4.